The zero-order valence-corrected chi connectivity index (χ0v) is 11.1. The van der Waals surface area contributed by atoms with E-state index in [1.807, 2.05) is 0 Å². The van der Waals surface area contributed by atoms with Crippen molar-refractivity contribution in [2.45, 2.75) is 12.6 Å². The van der Waals surface area contributed by atoms with E-state index in [4.69, 9.17) is 5.73 Å². The maximum atomic E-state index is 12.7. The van der Waals surface area contributed by atoms with Crippen molar-refractivity contribution in [3.8, 4) is 5.75 Å². The van der Waals surface area contributed by atoms with E-state index in [9.17, 15) is 22.0 Å². The summed E-state index contributed by atoms with van der Waals surface area (Å²) in [7, 11) is 0. The second kappa shape index (κ2) is 7.16. The average molecular weight is 327 g/mol. The minimum atomic E-state index is -4.72. The van der Waals surface area contributed by atoms with Gasteiger partial charge in [-0.1, -0.05) is 6.07 Å². The molecule has 0 saturated carbocycles. The molecule has 0 fully saturated rings. The zero-order valence-electron chi connectivity index (χ0n) is 10.3. The van der Waals surface area contributed by atoms with Crippen LogP contribution in [-0.2, 0) is 6.18 Å². The first-order valence-corrected chi connectivity index (χ1v) is 5.81. The monoisotopic (exact) mass is 327 g/mol. The third-order valence-electron chi connectivity index (χ3n) is 2.06. The Morgan fingerprint density at radius 1 is 1.43 bits per heavy atom. The lowest BCUT2D eigenvalue weighted by molar-refractivity contribution is -0.139. The molecule has 10 heteroatoms. The molecular formula is C11H10F5N3OS. The van der Waals surface area contributed by atoms with Gasteiger partial charge in [0, 0.05) is 0 Å². The minimum Gasteiger partial charge on any atom is -0.487 e. The average Bonchev–Trinajstić information content (AvgIpc) is 2.34. The Morgan fingerprint density at radius 3 is 2.62 bits per heavy atom. The van der Waals surface area contributed by atoms with Crippen LogP contribution in [-0.4, -0.2) is 24.4 Å². The van der Waals surface area contributed by atoms with Crippen molar-refractivity contribution in [2.24, 2.45) is 10.8 Å². The Bertz CT molecular complexity index is 533. The molecule has 0 spiro atoms. The molecule has 116 valence electrons. The lowest BCUT2D eigenvalue weighted by Crippen LogP contribution is -2.24. The van der Waals surface area contributed by atoms with Crippen LogP contribution in [0.15, 0.2) is 23.3 Å². The number of halogens is 5. The Hall–Kier alpha value is -1.97. The van der Waals surface area contributed by atoms with Gasteiger partial charge in [0.15, 0.2) is 5.11 Å². The molecule has 1 aromatic carbocycles. The smallest absolute Gasteiger partial charge is 0.419 e. The van der Waals surface area contributed by atoms with Gasteiger partial charge >= 0.3 is 6.18 Å². The Labute approximate surface area is 121 Å². The third kappa shape index (κ3) is 5.90. The number of thiocarbonyl (C=S) groups is 1. The summed E-state index contributed by atoms with van der Waals surface area (Å²) in [6.45, 7) is -1.14. The number of nitrogens with zero attached hydrogens (tertiary/aromatic N) is 1. The van der Waals surface area contributed by atoms with Gasteiger partial charge in [-0.2, -0.15) is 18.3 Å². The molecule has 1 rings (SSSR count). The Kier molecular flexibility index (Phi) is 5.82. The highest BCUT2D eigenvalue weighted by atomic mass is 32.1. The van der Waals surface area contributed by atoms with Gasteiger partial charge in [-0.15, -0.1) is 0 Å². The van der Waals surface area contributed by atoms with Crippen LogP contribution in [0.2, 0.25) is 0 Å². The number of benzene rings is 1. The molecule has 0 amide bonds. The molecule has 0 atom stereocenters. The number of ether oxygens (including phenoxy) is 1. The van der Waals surface area contributed by atoms with Crippen LogP contribution in [0.5, 0.6) is 5.75 Å². The fourth-order valence-corrected chi connectivity index (χ4v) is 1.35. The molecule has 0 unspecified atom stereocenters. The maximum Gasteiger partial charge on any atom is 0.419 e. The van der Waals surface area contributed by atoms with Gasteiger partial charge in [-0.3, -0.25) is 5.43 Å². The zero-order chi connectivity index (χ0) is 16.0. The Balaban J connectivity index is 3.02. The van der Waals surface area contributed by atoms with Crippen LogP contribution in [0.4, 0.5) is 22.0 Å². The van der Waals surface area contributed by atoms with Crippen molar-refractivity contribution >= 4 is 23.5 Å². The molecular weight excluding hydrogens is 317 g/mol. The third-order valence-corrected chi connectivity index (χ3v) is 2.16. The molecule has 0 saturated heterocycles. The number of hydrogen-bond acceptors (Lipinski definition) is 3. The molecule has 0 bridgehead atoms. The van der Waals surface area contributed by atoms with E-state index >= 15 is 0 Å². The van der Waals surface area contributed by atoms with Gasteiger partial charge in [0.2, 0.25) is 0 Å². The van der Waals surface area contributed by atoms with Gasteiger partial charge in [0.05, 0.1) is 11.8 Å². The molecule has 0 heterocycles. The summed E-state index contributed by atoms with van der Waals surface area (Å²) in [5.74, 6) is -0.706. The second-order valence-electron chi connectivity index (χ2n) is 3.69. The predicted octanol–water partition coefficient (Wildman–Crippen LogP) is 2.52. The van der Waals surface area contributed by atoms with Crippen molar-refractivity contribution in [1.29, 1.82) is 0 Å². The highest BCUT2D eigenvalue weighted by molar-refractivity contribution is 7.80. The van der Waals surface area contributed by atoms with Crippen LogP contribution in [0.1, 0.15) is 11.1 Å². The van der Waals surface area contributed by atoms with Gasteiger partial charge in [0.25, 0.3) is 6.43 Å². The molecule has 0 aliphatic rings. The number of alkyl halides is 5. The van der Waals surface area contributed by atoms with Crippen LogP contribution < -0.4 is 15.9 Å². The molecule has 3 N–H and O–H groups in total. The summed E-state index contributed by atoms with van der Waals surface area (Å²) in [5, 5.41) is 3.41. The van der Waals surface area contributed by atoms with E-state index in [-0.39, 0.29) is 10.7 Å². The summed E-state index contributed by atoms with van der Waals surface area (Å²) in [6, 6.07) is 2.75. The normalized spacial score (nSPS) is 11.9. The van der Waals surface area contributed by atoms with Crippen molar-refractivity contribution in [1.82, 2.24) is 5.43 Å². The van der Waals surface area contributed by atoms with Gasteiger partial charge in [0.1, 0.15) is 12.4 Å². The fourth-order valence-electron chi connectivity index (χ4n) is 1.30. The van der Waals surface area contributed by atoms with Crippen LogP contribution in [0, 0.1) is 0 Å². The highest BCUT2D eigenvalue weighted by Crippen LogP contribution is 2.36. The van der Waals surface area contributed by atoms with Crippen LogP contribution >= 0.6 is 12.2 Å². The van der Waals surface area contributed by atoms with Gasteiger partial charge < -0.3 is 10.5 Å². The fraction of sp³-hybridized carbons (Fsp3) is 0.273. The summed E-state index contributed by atoms with van der Waals surface area (Å²) in [4.78, 5) is 0. The molecule has 1 aromatic rings. The number of nitrogens with two attached hydrogens (primary N) is 1. The first-order chi connectivity index (χ1) is 9.70. The Morgan fingerprint density at radius 2 is 2.10 bits per heavy atom. The second-order valence-corrected chi connectivity index (χ2v) is 4.13. The van der Waals surface area contributed by atoms with E-state index in [1.54, 1.807) is 0 Å². The van der Waals surface area contributed by atoms with E-state index in [0.717, 1.165) is 18.3 Å². The number of hydrazone groups is 1. The van der Waals surface area contributed by atoms with E-state index in [1.165, 1.54) is 0 Å². The van der Waals surface area contributed by atoms with Gasteiger partial charge in [-0.05, 0) is 29.9 Å². The number of hydrogen-bond donors (Lipinski definition) is 2. The first-order valence-electron chi connectivity index (χ1n) is 5.41. The summed E-state index contributed by atoms with van der Waals surface area (Å²) in [6.07, 6.45) is -6.49. The molecule has 0 aliphatic carbocycles. The SMILES string of the molecule is NC(=S)NN=Cc1ccc(C(F)(F)F)c(OCC(F)F)c1. The van der Waals surface area contributed by atoms with Crippen LogP contribution in [0.3, 0.4) is 0 Å². The van der Waals surface area contributed by atoms with Crippen molar-refractivity contribution in [2.75, 3.05) is 6.61 Å². The van der Waals surface area contributed by atoms with Crippen molar-refractivity contribution in [3.05, 3.63) is 29.3 Å². The molecule has 0 aliphatic heterocycles. The molecule has 4 nitrogen and oxygen atoms in total. The van der Waals surface area contributed by atoms with Crippen molar-refractivity contribution in [3.63, 3.8) is 0 Å². The lowest BCUT2D eigenvalue weighted by Gasteiger charge is -2.14. The van der Waals surface area contributed by atoms with Gasteiger partial charge in [-0.25, -0.2) is 8.78 Å². The topological polar surface area (TPSA) is 59.6 Å². The summed E-state index contributed by atoms with van der Waals surface area (Å²) < 4.78 is 66.8. The maximum absolute atomic E-state index is 12.7. The summed E-state index contributed by atoms with van der Waals surface area (Å²) in [5.41, 5.74) is 6.34. The van der Waals surface area contributed by atoms with Crippen LogP contribution in [0.25, 0.3) is 0 Å². The molecule has 0 aromatic heterocycles. The number of rotatable bonds is 5. The quantitative estimate of drug-likeness (QED) is 0.378. The predicted molar refractivity (Wildman–Crippen MR) is 70.5 cm³/mol. The standard InChI is InChI=1S/C11H10F5N3OS/c12-9(13)5-20-8-3-6(4-18-19-10(17)21)1-2-7(8)11(14,15)16/h1-4,9H,5H2,(H3,17,19,21). The largest absolute Gasteiger partial charge is 0.487 e. The lowest BCUT2D eigenvalue weighted by atomic mass is 10.1. The van der Waals surface area contributed by atoms with Crippen molar-refractivity contribution < 1.29 is 26.7 Å². The number of nitrogens with one attached hydrogen (secondary N) is 1. The minimum absolute atomic E-state index is 0.132. The molecule has 21 heavy (non-hydrogen) atoms. The van der Waals surface area contributed by atoms with E-state index in [2.05, 4.69) is 27.5 Å². The first kappa shape index (κ1) is 17.1. The highest BCUT2D eigenvalue weighted by Gasteiger charge is 2.34. The van der Waals surface area contributed by atoms with E-state index in [0.29, 0.717) is 6.07 Å². The molecule has 0 radical (unpaired) electrons. The van der Waals surface area contributed by atoms with E-state index < -0.39 is 30.5 Å². The summed E-state index contributed by atoms with van der Waals surface area (Å²) >= 11 is 4.47.